The highest BCUT2D eigenvalue weighted by Gasteiger charge is 2.47. The molecule has 1 aliphatic carbocycles. The number of methoxy groups -OCH3 is 1. The zero-order valence-corrected chi connectivity index (χ0v) is 9.28. The third-order valence-corrected chi connectivity index (χ3v) is 3.29. The number of rotatable bonds is 3. The topological polar surface area (TPSA) is 63.6 Å². The van der Waals surface area contributed by atoms with Crippen molar-refractivity contribution in [3.05, 3.63) is 0 Å². The first kappa shape index (κ1) is 12.2. The zero-order chi connectivity index (χ0) is 11.5. The van der Waals surface area contributed by atoms with E-state index in [1.165, 1.54) is 0 Å². The quantitative estimate of drug-likeness (QED) is 0.563. The van der Waals surface area contributed by atoms with Crippen LogP contribution in [0.25, 0.3) is 0 Å². The molecular weight excluding hydrogens is 196 g/mol. The van der Waals surface area contributed by atoms with E-state index < -0.39 is 17.4 Å². The number of aliphatic hydroxyl groups is 1. The summed E-state index contributed by atoms with van der Waals surface area (Å²) in [6.45, 7) is 1.92. The second-order valence-corrected chi connectivity index (χ2v) is 4.10. The first-order valence-electron chi connectivity index (χ1n) is 5.41. The Kier molecular flexibility index (Phi) is 3.85. The van der Waals surface area contributed by atoms with Gasteiger partial charge in [0, 0.05) is 0 Å². The molecule has 1 aliphatic rings. The average Bonchev–Trinajstić information content (AvgIpc) is 2.27. The van der Waals surface area contributed by atoms with Crippen molar-refractivity contribution in [2.75, 3.05) is 7.11 Å². The molecule has 0 unspecified atom stereocenters. The third kappa shape index (κ3) is 2.20. The number of Topliss-reactive ketones (excluding diaryl/α,β-unsaturated/α-hetero) is 1. The minimum absolute atomic E-state index is 0.113. The molecule has 4 heteroatoms. The second-order valence-electron chi connectivity index (χ2n) is 4.10. The Morgan fingerprint density at radius 1 is 1.47 bits per heavy atom. The Labute approximate surface area is 89.6 Å². The van der Waals surface area contributed by atoms with Crippen molar-refractivity contribution < 1.29 is 19.4 Å². The number of esters is 1. The van der Waals surface area contributed by atoms with Gasteiger partial charge in [-0.25, -0.2) is 4.79 Å². The maximum absolute atomic E-state index is 11.7. The number of ketones is 1. The average molecular weight is 214 g/mol. The Hall–Kier alpha value is -0.900. The van der Waals surface area contributed by atoms with Crippen molar-refractivity contribution in [1.29, 1.82) is 0 Å². The summed E-state index contributed by atoms with van der Waals surface area (Å²) in [5.41, 5.74) is -1.49. The normalized spacial score (nSPS) is 31.0. The number of hydrogen-bond donors (Lipinski definition) is 1. The molecule has 2 atom stereocenters. The fourth-order valence-electron chi connectivity index (χ4n) is 2.34. The molecule has 1 N–H and O–H groups in total. The van der Waals surface area contributed by atoms with Gasteiger partial charge in [0.2, 0.25) is 0 Å². The van der Waals surface area contributed by atoms with Gasteiger partial charge in [-0.3, -0.25) is 4.79 Å². The molecule has 1 rings (SSSR count). The summed E-state index contributed by atoms with van der Waals surface area (Å²) in [6.07, 6.45) is 3.68. The second kappa shape index (κ2) is 4.75. The minimum Gasteiger partial charge on any atom is -0.463 e. The van der Waals surface area contributed by atoms with Gasteiger partial charge in [0.25, 0.3) is 5.78 Å². The smallest absolute Gasteiger partial charge is 0.377 e. The van der Waals surface area contributed by atoms with Crippen molar-refractivity contribution in [1.82, 2.24) is 0 Å². The number of carbonyl (C=O) groups is 2. The van der Waals surface area contributed by atoms with E-state index in [0.717, 1.165) is 26.4 Å². The molecule has 1 fully saturated rings. The molecule has 0 amide bonds. The number of hydrogen-bond acceptors (Lipinski definition) is 4. The van der Waals surface area contributed by atoms with Crippen molar-refractivity contribution in [2.24, 2.45) is 5.92 Å². The lowest BCUT2D eigenvalue weighted by molar-refractivity contribution is -0.166. The van der Waals surface area contributed by atoms with Gasteiger partial charge in [0.15, 0.2) is 0 Å². The molecule has 4 nitrogen and oxygen atoms in total. The van der Waals surface area contributed by atoms with E-state index in [1.54, 1.807) is 0 Å². The van der Waals surface area contributed by atoms with Gasteiger partial charge < -0.3 is 9.84 Å². The summed E-state index contributed by atoms with van der Waals surface area (Å²) in [7, 11) is 1.16. The minimum atomic E-state index is -1.49. The van der Waals surface area contributed by atoms with Crippen LogP contribution in [0.15, 0.2) is 0 Å². The molecule has 0 bridgehead atoms. The highest BCUT2D eigenvalue weighted by Crippen LogP contribution is 2.36. The molecule has 0 radical (unpaired) electrons. The first-order valence-corrected chi connectivity index (χ1v) is 5.41. The maximum atomic E-state index is 11.7. The van der Waals surface area contributed by atoms with Crippen LogP contribution < -0.4 is 0 Å². The van der Waals surface area contributed by atoms with Crippen LogP contribution in [0.1, 0.15) is 39.0 Å². The van der Waals surface area contributed by atoms with Gasteiger partial charge in [-0.1, -0.05) is 26.2 Å². The molecule has 0 aromatic heterocycles. The van der Waals surface area contributed by atoms with Crippen LogP contribution in [-0.2, 0) is 14.3 Å². The maximum Gasteiger partial charge on any atom is 0.377 e. The lowest BCUT2D eigenvalue weighted by atomic mass is 9.72. The Morgan fingerprint density at radius 3 is 2.67 bits per heavy atom. The van der Waals surface area contributed by atoms with Crippen molar-refractivity contribution in [2.45, 2.75) is 44.6 Å². The van der Waals surface area contributed by atoms with Crippen LogP contribution in [-0.4, -0.2) is 29.6 Å². The molecule has 0 saturated heterocycles. The van der Waals surface area contributed by atoms with Gasteiger partial charge >= 0.3 is 5.97 Å². The van der Waals surface area contributed by atoms with Gasteiger partial charge in [0.1, 0.15) is 5.60 Å². The van der Waals surface area contributed by atoms with Crippen LogP contribution in [0.3, 0.4) is 0 Å². The van der Waals surface area contributed by atoms with Crippen LogP contribution in [0.5, 0.6) is 0 Å². The largest absolute Gasteiger partial charge is 0.463 e. The summed E-state index contributed by atoms with van der Waals surface area (Å²) < 4.78 is 4.37. The molecule has 86 valence electrons. The van der Waals surface area contributed by atoms with Crippen molar-refractivity contribution in [3.8, 4) is 0 Å². The number of carbonyl (C=O) groups excluding carboxylic acids is 2. The Bertz CT molecular complexity index is 261. The summed E-state index contributed by atoms with van der Waals surface area (Å²) in [6, 6.07) is 0. The van der Waals surface area contributed by atoms with E-state index in [4.69, 9.17) is 0 Å². The third-order valence-electron chi connectivity index (χ3n) is 3.29. The van der Waals surface area contributed by atoms with E-state index in [-0.39, 0.29) is 5.92 Å². The molecule has 0 heterocycles. The summed E-state index contributed by atoms with van der Waals surface area (Å²) in [5.74, 6) is -1.83. The zero-order valence-electron chi connectivity index (χ0n) is 9.28. The number of ether oxygens (including phenoxy) is 1. The van der Waals surface area contributed by atoms with E-state index >= 15 is 0 Å². The molecule has 0 aliphatic heterocycles. The lowest BCUT2D eigenvalue weighted by Gasteiger charge is -2.37. The molecule has 15 heavy (non-hydrogen) atoms. The molecule has 0 aromatic carbocycles. The van der Waals surface area contributed by atoms with Crippen molar-refractivity contribution >= 4 is 11.8 Å². The van der Waals surface area contributed by atoms with Crippen LogP contribution in [0, 0.1) is 5.92 Å². The highest BCUT2D eigenvalue weighted by atomic mass is 16.5. The van der Waals surface area contributed by atoms with Gasteiger partial charge in [-0.2, -0.15) is 0 Å². The summed E-state index contributed by atoms with van der Waals surface area (Å²) in [5, 5.41) is 10.3. The Morgan fingerprint density at radius 2 is 2.13 bits per heavy atom. The molecule has 0 aromatic rings. The van der Waals surface area contributed by atoms with Crippen LogP contribution >= 0.6 is 0 Å². The van der Waals surface area contributed by atoms with E-state index in [9.17, 15) is 14.7 Å². The predicted molar refractivity (Wildman–Crippen MR) is 54.2 cm³/mol. The van der Waals surface area contributed by atoms with Crippen LogP contribution in [0.2, 0.25) is 0 Å². The Balaban J connectivity index is 2.86. The first-order chi connectivity index (χ1) is 7.06. The van der Waals surface area contributed by atoms with E-state index in [0.29, 0.717) is 12.8 Å². The highest BCUT2D eigenvalue weighted by molar-refractivity contribution is 6.36. The van der Waals surface area contributed by atoms with Crippen LogP contribution in [0.4, 0.5) is 0 Å². The summed E-state index contributed by atoms with van der Waals surface area (Å²) in [4.78, 5) is 22.8. The SMILES string of the molecule is CC[C@@H]1CCCC[C@@]1(O)C(=O)C(=O)OC. The fraction of sp³-hybridized carbons (Fsp3) is 0.818. The van der Waals surface area contributed by atoms with Gasteiger partial charge in [0.05, 0.1) is 7.11 Å². The standard InChI is InChI=1S/C11H18O4/c1-3-8-6-4-5-7-11(8,14)9(12)10(13)15-2/h8,14H,3-7H2,1-2H3/t8-,11+/m1/s1. The fourth-order valence-corrected chi connectivity index (χ4v) is 2.34. The monoisotopic (exact) mass is 214 g/mol. The van der Waals surface area contributed by atoms with Gasteiger partial charge in [-0.05, 0) is 18.8 Å². The molecule has 0 spiro atoms. The lowest BCUT2D eigenvalue weighted by Crippen LogP contribution is -2.51. The van der Waals surface area contributed by atoms with Crippen molar-refractivity contribution in [3.63, 3.8) is 0 Å². The molecule has 1 saturated carbocycles. The summed E-state index contributed by atoms with van der Waals surface area (Å²) >= 11 is 0. The van der Waals surface area contributed by atoms with Gasteiger partial charge in [-0.15, -0.1) is 0 Å². The predicted octanol–water partition coefficient (Wildman–Crippen LogP) is 1.06. The molecular formula is C11H18O4. The van der Waals surface area contributed by atoms with E-state index in [2.05, 4.69) is 4.74 Å². The van der Waals surface area contributed by atoms with E-state index in [1.807, 2.05) is 6.92 Å².